The summed E-state index contributed by atoms with van der Waals surface area (Å²) in [6.07, 6.45) is 2.76. The van der Waals surface area contributed by atoms with Gasteiger partial charge in [-0.2, -0.15) is 0 Å². The van der Waals surface area contributed by atoms with E-state index in [1.54, 1.807) is 0 Å². The SMILES string of the molecule is CCNC(Cc1ccc(Br)cn1)c1ccccc1. The number of likely N-dealkylation sites (N-methyl/N-ethyl adjacent to an activating group) is 1. The minimum atomic E-state index is 0.324. The normalized spacial score (nSPS) is 12.3. The number of nitrogens with one attached hydrogen (secondary N) is 1. The van der Waals surface area contributed by atoms with Crippen LogP contribution >= 0.6 is 15.9 Å². The van der Waals surface area contributed by atoms with E-state index in [9.17, 15) is 0 Å². The lowest BCUT2D eigenvalue weighted by molar-refractivity contribution is 0.544. The highest BCUT2D eigenvalue weighted by Gasteiger charge is 2.11. The van der Waals surface area contributed by atoms with Gasteiger partial charge in [-0.3, -0.25) is 4.98 Å². The fourth-order valence-corrected chi connectivity index (χ4v) is 2.21. The van der Waals surface area contributed by atoms with Gasteiger partial charge in [-0.1, -0.05) is 37.3 Å². The van der Waals surface area contributed by atoms with Crippen LogP contribution in [0.25, 0.3) is 0 Å². The predicted molar refractivity (Wildman–Crippen MR) is 78.5 cm³/mol. The molecule has 1 atom stereocenters. The number of aromatic nitrogens is 1. The Labute approximate surface area is 117 Å². The molecule has 18 heavy (non-hydrogen) atoms. The predicted octanol–water partition coefficient (Wildman–Crippen LogP) is 3.74. The first-order valence-electron chi connectivity index (χ1n) is 6.18. The Hall–Kier alpha value is -1.19. The largest absolute Gasteiger partial charge is 0.310 e. The van der Waals surface area contributed by atoms with Gasteiger partial charge in [-0.15, -0.1) is 0 Å². The van der Waals surface area contributed by atoms with E-state index in [0.717, 1.165) is 23.1 Å². The molecule has 1 N–H and O–H groups in total. The van der Waals surface area contributed by atoms with Crippen molar-refractivity contribution in [3.63, 3.8) is 0 Å². The molecule has 2 nitrogen and oxygen atoms in total. The zero-order valence-electron chi connectivity index (χ0n) is 10.4. The Morgan fingerprint density at radius 3 is 2.56 bits per heavy atom. The molecule has 2 aromatic rings. The van der Waals surface area contributed by atoms with Crippen LogP contribution in [0.15, 0.2) is 53.1 Å². The van der Waals surface area contributed by atoms with Gasteiger partial charge in [0.2, 0.25) is 0 Å². The first-order valence-corrected chi connectivity index (χ1v) is 6.97. The molecule has 94 valence electrons. The van der Waals surface area contributed by atoms with Crippen molar-refractivity contribution in [2.75, 3.05) is 6.54 Å². The first kappa shape index (κ1) is 13.2. The summed E-state index contributed by atoms with van der Waals surface area (Å²) in [5, 5.41) is 3.51. The number of hydrogen-bond donors (Lipinski definition) is 1. The van der Waals surface area contributed by atoms with Gasteiger partial charge in [0.1, 0.15) is 0 Å². The quantitative estimate of drug-likeness (QED) is 0.910. The Morgan fingerprint density at radius 2 is 1.94 bits per heavy atom. The molecule has 1 aromatic carbocycles. The van der Waals surface area contributed by atoms with Crippen molar-refractivity contribution < 1.29 is 0 Å². The maximum Gasteiger partial charge on any atom is 0.0423 e. The smallest absolute Gasteiger partial charge is 0.0423 e. The van der Waals surface area contributed by atoms with Gasteiger partial charge >= 0.3 is 0 Å². The van der Waals surface area contributed by atoms with Crippen LogP contribution in [0.2, 0.25) is 0 Å². The molecule has 0 bridgehead atoms. The summed E-state index contributed by atoms with van der Waals surface area (Å²) in [6, 6.07) is 14.9. The third-order valence-corrected chi connectivity index (χ3v) is 3.32. The molecule has 0 aliphatic rings. The van der Waals surface area contributed by atoms with E-state index in [1.165, 1.54) is 5.56 Å². The fraction of sp³-hybridized carbons (Fsp3) is 0.267. The maximum atomic E-state index is 4.44. The second-order valence-corrected chi connectivity index (χ2v) is 5.11. The van der Waals surface area contributed by atoms with E-state index in [1.807, 2.05) is 18.3 Å². The summed E-state index contributed by atoms with van der Waals surface area (Å²) in [5.41, 5.74) is 2.41. The molecular weight excluding hydrogens is 288 g/mol. The lowest BCUT2D eigenvalue weighted by atomic mass is 10.0. The Morgan fingerprint density at radius 1 is 1.17 bits per heavy atom. The minimum absolute atomic E-state index is 0.324. The molecule has 0 saturated heterocycles. The molecule has 0 saturated carbocycles. The molecular formula is C15H17BrN2. The van der Waals surface area contributed by atoms with Crippen LogP contribution in [0.5, 0.6) is 0 Å². The Bertz CT molecular complexity index is 468. The van der Waals surface area contributed by atoms with Crippen LogP contribution in [0.1, 0.15) is 24.2 Å². The highest BCUT2D eigenvalue weighted by molar-refractivity contribution is 9.10. The Balaban J connectivity index is 2.14. The second-order valence-electron chi connectivity index (χ2n) is 4.19. The van der Waals surface area contributed by atoms with Crippen LogP contribution in [-0.2, 0) is 6.42 Å². The van der Waals surface area contributed by atoms with Crippen LogP contribution in [-0.4, -0.2) is 11.5 Å². The molecule has 0 spiro atoms. The molecule has 1 unspecified atom stereocenters. The second kappa shape index (κ2) is 6.66. The highest BCUT2D eigenvalue weighted by atomic mass is 79.9. The topological polar surface area (TPSA) is 24.9 Å². The summed E-state index contributed by atoms with van der Waals surface area (Å²) in [7, 11) is 0. The van der Waals surface area contributed by atoms with E-state index in [-0.39, 0.29) is 0 Å². The number of nitrogens with zero attached hydrogens (tertiary/aromatic N) is 1. The molecule has 0 aliphatic carbocycles. The average molecular weight is 305 g/mol. The van der Waals surface area contributed by atoms with E-state index >= 15 is 0 Å². The van der Waals surface area contributed by atoms with Gasteiger partial charge in [-0.05, 0) is 40.2 Å². The van der Waals surface area contributed by atoms with E-state index in [0.29, 0.717) is 6.04 Å². The first-order chi connectivity index (χ1) is 8.79. The van der Waals surface area contributed by atoms with E-state index < -0.39 is 0 Å². The van der Waals surface area contributed by atoms with Crippen LogP contribution in [0.3, 0.4) is 0 Å². The molecule has 2 rings (SSSR count). The molecule has 1 aromatic heterocycles. The summed E-state index contributed by atoms with van der Waals surface area (Å²) < 4.78 is 1.02. The third-order valence-electron chi connectivity index (χ3n) is 2.85. The molecule has 0 aliphatic heterocycles. The van der Waals surface area contributed by atoms with Crippen molar-refractivity contribution in [3.05, 3.63) is 64.4 Å². The van der Waals surface area contributed by atoms with Gasteiger partial charge in [0.05, 0.1) is 0 Å². The van der Waals surface area contributed by atoms with Crippen molar-refractivity contribution >= 4 is 15.9 Å². The fourth-order valence-electron chi connectivity index (χ4n) is 1.98. The monoisotopic (exact) mass is 304 g/mol. The lowest BCUT2D eigenvalue weighted by Gasteiger charge is -2.18. The van der Waals surface area contributed by atoms with Crippen molar-refractivity contribution in [1.82, 2.24) is 10.3 Å². The number of pyridine rings is 1. The van der Waals surface area contributed by atoms with Gasteiger partial charge in [0.25, 0.3) is 0 Å². The summed E-state index contributed by atoms with van der Waals surface area (Å²) in [5.74, 6) is 0. The Kier molecular flexibility index (Phi) is 4.90. The third kappa shape index (κ3) is 3.65. The number of halogens is 1. The number of rotatable bonds is 5. The van der Waals surface area contributed by atoms with Crippen molar-refractivity contribution in [3.8, 4) is 0 Å². The van der Waals surface area contributed by atoms with Gasteiger partial charge in [0, 0.05) is 28.8 Å². The number of hydrogen-bond acceptors (Lipinski definition) is 2. The van der Waals surface area contributed by atoms with E-state index in [4.69, 9.17) is 0 Å². The molecule has 0 amide bonds. The standard InChI is InChI=1S/C15H17BrN2/c1-2-17-15(12-6-4-3-5-7-12)10-14-9-8-13(16)11-18-14/h3-9,11,15,17H,2,10H2,1H3. The summed E-state index contributed by atoms with van der Waals surface area (Å²) in [6.45, 7) is 3.08. The maximum absolute atomic E-state index is 4.44. The van der Waals surface area contributed by atoms with Crippen molar-refractivity contribution in [1.29, 1.82) is 0 Å². The minimum Gasteiger partial charge on any atom is -0.310 e. The lowest BCUT2D eigenvalue weighted by Crippen LogP contribution is -2.23. The average Bonchev–Trinajstić information content (AvgIpc) is 2.42. The van der Waals surface area contributed by atoms with Crippen LogP contribution in [0, 0.1) is 0 Å². The van der Waals surface area contributed by atoms with Gasteiger partial charge in [-0.25, -0.2) is 0 Å². The van der Waals surface area contributed by atoms with Gasteiger partial charge in [0.15, 0.2) is 0 Å². The zero-order chi connectivity index (χ0) is 12.8. The van der Waals surface area contributed by atoms with E-state index in [2.05, 4.69) is 63.5 Å². The molecule has 0 radical (unpaired) electrons. The summed E-state index contributed by atoms with van der Waals surface area (Å²) in [4.78, 5) is 4.44. The van der Waals surface area contributed by atoms with Crippen molar-refractivity contribution in [2.24, 2.45) is 0 Å². The summed E-state index contributed by atoms with van der Waals surface area (Å²) >= 11 is 3.41. The van der Waals surface area contributed by atoms with Crippen molar-refractivity contribution in [2.45, 2.75) is 19.4 Å². The zero-order valence-corrected chi connectivity index (χ0v) is 12.0. The van der Waals surface area contributed by atoms with Crippen LogP contribution < -0.4 is 5.32 Å². The van der Waals surface area contributed by atoms with Gasteiger partial charge < -0.3 is 5.32 Å². The van der Waals surface area contributed by atoms with Crippen LogP contribution in [0.4, 0.5) is 0 Å². The molecule has 0 fully saturated rings. The highest BCUT2D eigenvalue weighted by Crippen LogP contribution is 2.18. The molecule has 1 heterocycles. The molecule has 3 heteroatoms. The number of benzene rings is 1.